The first-order valence-corrected chi connectivity index (χ1v) is 10.1. The fraction of sp³-hybridized carbons (Fsp3) is 0.350. The fourth-order valence-corrected chi connectivity index (χ4v) is 4.38. The lowest BCUT2D eigenvalue weighted by atomic mass is 10.1. The van der Waals surface area contributed by atoms with Crippen molar-refractivity contribution < 1.29 is 10.2 Å². The van der Waals surface area contributed by atoms with Gasteiger partial charge in [-0.2, -0.15) is 4.52 Å². The molecule has 0 atom stereocenters. The zero-order valence-corrected chi connectivity index (χ0v) is 16.8. The Morgan fingerprint density at radius 1 is 1.04 bits per heavy atom. The number of thiophene rings is 1. The average Bonchev–Trinajstić information content (AvgIpc) is 3.22. The van der Waals surface area contributed by atoms with Crippen molar-refractivity contribution in [2.75, 3.05) is 31.2 Å². The first kappa shape index (κ1) is 18.8. The third-order valence-electron chi connectivity index (χ3n) is 4.86. The Morgan fingerprint density at radius 2 is 1.75 bits per heavy atom. The highest BCUT2D eigenvalue weighted by atomic mass is 32.1. The molecule has 2 N–H and O–H groups in total. The maximum Gasteiger partial charge on any atom is 0.230 e. The number of aliphatic hydroxyl groups excluding tert-OH is 2. The third kappa shape index (κ3) is 3.34. The van der Waals surface area contributed by atoms with Gasteiger partial charge >= 0.3 is 0 Å². The number of fused-ring (bicyclic) bond motifs is 3. The van der Waals surface area contributed by atoms with Crippen LogP contribution in [0.5, 0.6) is 0 Å². The van der Waals surface area contributed by atoms with Crippen LogP contribution in [0.1, 0.15) is 21.8 Å². The second-order valence-electron chi connectivity index (χ2n) is 6.74. The van der Waals surface area contributed by atoms with Gasteiger partial charge in [-0.05, 0) is 25.0 Å². The van der Waals surface area contributed by atoms with Crippen LogP contribution in [-0.2, 0) is 6.42 Å². The Morgan fingerprint density at radius 3 is 2.43 bits per heavy atom. The minimum atomic E-state index is -0.0325. The van der Waals surface area contributed by atoms with Crippen molar-refractivity contribution >= 4 is 33.1 Å². The molecule has 7 nitrogen and oxygen atoms in total. The minimum absolute atomic E-state index is 0.0325. The maximum atomic E-state index is 9.46. The van der Waals surface area contributed by atoms with Gasteiger partial charge in [0.05, 0.1) is 18.6 Å². The standard InChI is InChI=1S/C20H23N5O2S/c1-13-14(2)28-19-17(13)18-21-16(12-15-6-4-3-5-7-15)23-25(18)20(22-19)24(8-10-26)9-11-27/h3-7,26-27H,8-12H2,1-2H3. The summed E-state index contributed by atoms with van der Waals surface area (Å²) in [4.78, 5) is 13.6. The van der Waals surface area contributed by atoms with E-state index in [2.05, 4.69) is 26.0 Å². The van der Waals surface area contributed by atoms with Gasteiger partial charge < -0.3 is 15.1 Å². The van der Waals surface area contributed by atoms with Gasteiger partial charge in [-0.15, -0.1) is 16.4 Å². The van der Waals surface area contributed by atoms with Gasteiger partial charge in [-0.25, -0.2) is 9.97 Å². The van der Waals surface area contributed by atoms with Crippen LogP contribution in [0.25, 0.3) is 15.9 Å². The molecule has 4 aromatic rings. The predicted octanol–water partition coefficient (Wildman–Crippen LogP) is 2.34. The summed E-state index contributed by atoms with van der Waals surface area (Å²) in [6.07, 6.45) is 0.631. The molecular weight excluding hydrogens is 374 g/mol. The van der Waals surface area contributed by atoms with Crippen LogP contribution < -0.4 is 4.90 Å². The summed E-state index contributed by atoms with van der Waals surface area (Å²) in [5, 5.41) is 24.7. The van der Waals surface area contributed by atoms with E-state index in [1.807, 2.05) is 23.1 Å². The molecule has 0 aliphatic rings. The number of anilines is 1. The lowest BCUT2D eigenvalue weighted by Crippen LogP contribution is -2.32. The molecule has 4 rings (SSSR count). The van der Waals surface area contributed by atoms with Crippen LogP contribution in [0, 0.1) is 13.8 Å². The van der Waals surface area contributed by atoms with Crippen molar-refractivity contribution in [2.24, 2.45) is 0 Å². The van der Waals surface area contributed by atoms with E-state index in [-0.39, 0.29) is 13.2 Å². The van der Waals surface area contributed by atoms with Gasteiger partial charge in [0, 0.05) is 24.4 Å². The number of aromatic nitrogens is 4. The summed E-state index contributed by atoms with van der Waals surface area (Å²) in [6.45, 7) is 4.83. The van der Waals surface area contributed by atoms with Crippen LogP contribution in [-0.4, -0.2) is 56.1 Å². The summed E-state index contributed by atoms with van der Waals surface area (Å²) < 4.78 is 1.76. The Kier molecular flexibility index (Phi) is 5.25. The Hall–Kier alpha value is -2.55. The SMILES string of the molecule is Cc1sc2nc(N(CCO)CCO)n3nc(Cc4ccccc4)nc3c2c1C. The summed E-state index contributed by atoms with van der Waals surface area (Å²) >= 11 is 1.63. The molecule has 0 radical (unpaired) electrons. The van der Waals surface area contributed by atoms with Gasteiger partial charge in [-0.1, -0.05) is 30.3 Å². The van der Waals surface area contributed by atoms with E-state index in [4.69, 9.17) is 15.1 Å². The molecule has 0 unspecified atom stereocenters. The molecule has 0 aliphatic carbocycles. The summed E-state index contributed by atoms with van der Waals surface area (Å²) in [5.41, 5.74) is 3.08. The Labute approximate surface area is 166 Å². The highest BCUT2D eigenvalue weighted by Gasteiger charge is 2.21. The monoisotopic (exact) mass is 397 g/mol. The number of rotatable bonds is 7. The summed E-state index contributed by atoms with van der Waals surface area (Å²) in [5.74, 6) is 1.32. The lowest BCUT2D eigenvalue weighted by Gasteiger charge is -2.21. The van der Waals surface area contributed by atoms with Gasteiger partial charge in [0.15, 0.2) is 11.5 Å². The molecular formula is C20H23N5O2S. The van der Waals surface area contributed by atoms with Crippen molar-refractivity contribution in [3.63, 3.8) is 0 Å². The van der Waals surface area contributed by atoms with Crippen molar-refractivity contribution in [1.29, 1.82) is 0 Å². The normalized spacial score (nSPS) is 11.6. The van der Waals surface area contributed by atoms with E-state index in [1.165, 1.54) is 10.4 Å². The maximum absolute atomic E-state index is 9.46. The lowest BCUT2D eigenvalue weighted by molar-refractivity contribution is 0.280. The second-order valence-corrected chi connectivity index (χ2v) is 7.94. The number of hydrogen-bond acceptors (Lipinski definition) is 7. The minimum Gasteiger partial charge on any atom is -0.395 e. The van der Waals surface area contributed by atoms with E-state index in [9.17, 15) is 10.2 Å². The average molecular weight is 398 g/mol. The van der Waals surface area contributed by atoms with E-state index in [0.717, 1.165) is 27.3 Å². The zero-order valence-electron chi connectivity index (χ0n) is 16.0. The molecule has 3 heterocycles. The molecule has 0 bridgehead atoms. The Bertz CT molecular complexity index is 1100. The van der Waals surface area contributed by atoms with E-state index in [1.54, 1.807) is 15.9 Å². The number of nitrogens with zero attached hydrogens (tertiary/aromatic N) is 5. The van der Waals surface area contributed by atoms with Crippen molar-refractivity contribution in [3.05, 3.63) is 52.2 Å². The summed E-state index contributed by atoms with van der Waals surface area (Å²) in [6, 6.07) is 10.1. The Balaban J connectivity index is 1.91. The fourth-order valence-electron chi connectivity index (χ4n) is 3.36. The van der Waals surface area contributed by atoms with Gasteiger partial charge in [0.1, 0.15) is 4.83 Å². The van der Waals surface area contributed by atoms with Crippen LogP contribution in [0.4, 0.5) is 5.95 Å². The first-order chi connectivity index (χ1) is 13.6. The largest absolute Gasteiger partial charge is 0.395 e. The molecule has 0 saturated heterocycles. The predicted molar refractivity (Wildman–Crippen MR) is 111 cm³/mol. The molecule has 8 heteroatoms. The van der Waals surface area contributed by atoms with Crippen molar-refractivity contribution in [2.45, 2.75) is 20.3 Å². The highest BCUT2D eigenvalue weighted by molar-refractivity contribution is 7.18. The molecule has 1 aromatic carbocycles. The van der Waals surface area contributed by atoms with Gasteiger partial charge in [0.2, 0.25) is 5.95 Å². The van der Waals surface area contributed by atoms with E-state index < -0.39 is 0 Å². The molecule has 0 saturated carbocycles. The molecule has 0 fully saturated rings. The van der Waals surface area contributed by atoms with Crippen LogP contribution in [0.15, 0.2) is 30.3 Å². The summed E-state index contributed by atoms with van der Waals surface area (Å²) in [7, 11) is 0. The number of aryl methyl sites for hydroxylation is 2. The molecule has 0 spiro atoms. The highest BCUT2D eigenvalue weighted by Crippen LogP contribution is 2.33. The molecule has 146 valence electrons. The quantitative estimate of drug-likeness (QED) is 0.498. The molecule has 0 amide bonds. The van der Waals surface area contributed by atoms with Gasteiger partial charge in [0.25, 0.3) is 0 Å². The smallest absolute Gasteiger partial charge is 0.230 e. The second kappa shape index (κ2) is 7.83. The van der Waals surface area contributed by atoms with Crippen molar-refractivity contribution in [3.8, 4) is 0 Å². The van der Waals surface area contributed by atoms with E-state index >= 15 is 0 Å². The molecule has 3 aromatic heterocycles. The van der Waals surface area contributed by atoms with Crippen LogP contribution >= 0.6 is 11.3 Å². The van der Waals surface area contributed by atoms with Gasteiger partial charge in [-0.3, -0.25) is 0 Å². The first-order valence-electron chi connectivity index (χ1n) is 9.28. The number of hydrogen-bond donors (Lipinski definition) is 2. The number of benzene rings is 1. The van der Waals surface area contributed by atoms with Crippen LogP contribution in [0.3, 0.4) is 0 Å². The zero-order chi connectivity index (χ0) is 19.7. The molecule has 0 aliphatic heterocycles. The van der Waals surface area contributed by atoms with Crippen molar-refractivity contribution in [1.82, 2.24) is 19.6 Å². The number of aliphatic hydroxyl groups is 2. The molecule has 28 heavy (non-hydrogen) atoms. The topological polar surface area (TPSA) is 86.8 Å². The third-order valence-corrected chi connectivity index (χ3v) is 5.96. The van der Waals surface area contributed by atoms with E-state index in [0.29, 0.717) is 25.5 Å². The van der Waals surface area contributed by atoms with Crippen LogP contribution in [0.2, 0.25) is 0 Å².